The van der Waals surface area contributed by atoms with E-state index in [1.807, 2.05) is 0 Å². The highest BCUT2D eigenvalue weighted by molar-refractivity contribution is 5.98. The fourth-order valence-electron chi connectivity index (χ4n) is 2.23. The van der Waals surface area contributed by atoms with Crippen molar-refractivity contribution >= 4 is 11.6 Å². The predicted molar refractivity (Wildman–Crippen MR) is 75.4 cm³/mol. The molecule has 1 aliphatic rings. The number of nitrogens with zero attached hydrogens (tertiary/aromatic N) is 2. The van der Waals surface area contributed by atoms with Gasteiger partial charge in [0.15, 0.2) is 0 Å². The van der Waals surface area contributed by atoms with Gasteiger partial charge in [0.2, 0.25) is 5.75 Å². The summed E-state index contributed by atoms with van der Waals surface area (Å²) in [7, 11) is 0. The first-order chi connectivity index (χ1) is 10.1. The van der Waals surface area contributed by atoms with Crippen LogP contribution in [0.25, 0.3) is 0 Å². The summed E-state index contributed by atoms with van der Waals surface area (Å²) in [5, 5.41) is 20.2. The van der Waals surface area contributed by atoms with Gasteiger partial charge in [0.05, 0.1) is 23.7 Å². The number of carbonyl (C=O) groups excluding carboxylic acids is 1. The second-order valence-electron chi connectivity index (χ2n) is 4.80. The molecule has 0 spiro atoms. The average Bonchev–Trinajstić information content (AvgIpc) is 3.29. The number of rotatable bonds is 7. The van der Waals surface area contributed by atoms with Crippen molar-refractivity contribution in [2.45, 2.75) is 25.8 Å². The molecule has 0 unspecified atom stereocenters. The molecule has 0 radical (unpaired) electrons. The maximum Gasteiger partial charge on any atom is 0.311 e. The second-order valence-corrected chi connectivity index (χ2v) is 4.80. The van der Waals surface area contributed by atoms with Crippen LogP contribution in [0.3, 0.4) is 0 Å². The minimum absolute atomic E-state index is 0.00131. The Morgan fingerprint density at radius 1 is 1.52 bits per heavy atom. The van der Waals surface area contributed by atoms with E-state index in [0.717, 1.165) is 12.8 Å². The van der Waals surface area contributed by atoms with E-state index >= 15 is 0 Å². The van der Waals surface area contributed by atoms with Crippen LogP contribution in [-0.4, -0.2) is 46.6 Å². The SMILES string of the molecule is CCOc1c(C(=O)N(CCO)C2CC2)cccc1[N+](=O)[O-]. The maximum atomic E-state index is 12.6. The lowest BCUT2D eigenvalue weighted by Crippen LogP contribution is -2.35. The molecule has 2 rings (SSSR count). The largest absolute Gasteiger partial charge is 0.487 e. The molecule has 0 bridgehead atoms. The van der Waals surface area contributed by atoms with Crippen LogP contribution in [-0.2, 0) is 0 Å². The van der Waals surface area contributed by atoms with Crippen LogP contribution in [0.1, 0.15) is 30.1 Å². The first-order valence-corrected chi connectivity index (χ1v) is 6.92. The van der Waals surface area contributed by atoms with Gasteiger partial charge in [-0.25, -0.2) is 0 Å². The summed E-state index contributed by atoms with van der Waals surface area (Å²) in [5.41, 5.74) is -0.0474. The summed E-state index contributed by atoms with van der Waals surface area (Å²) >= 11 is 0. The Morgan fingerprint density at radius 2 is 2.24 bits per heavy atom. The van der Waals surface area contributed by atoms with Crippen LogP contribution in [0.4, 0.5) is 5.69 Å². The van der Waals surface area contributed by atoms with Gasteiger partial charge in [-0.3, -0.25) is 14.9 Å². The number of benzene rings is 1. The smallest absolute Gasteiger partial charge is 0.311 e. The summed E-state index contributed by atoms with van der Waals surface area (Å²) in [6.45, 7) is 2.02. The molecule has 1 aromatic carbocycles. The molecule has 0 aromatic heterocycles. The van der Waals surface area contributed by atoms with E-state index in [1.165, 1.54) is 18.2 Å². The molecule has 1 fully saturated rings. The molecule has 0 saturated heterocycles. The summed E-state index contributed by atoms with van der Waals surface area (Å²) < 4.78 is 5.33. The van der Waals surface area contributed by atoms with Gasteiger partial charge in [0.1, 0.15) is 0 Å². The van der Waals surface area contributed by atoms with Crippen LogP contribution in [0.2, 0.25) is 0 Å². The van der Waals surface area contributed by atoms with Crippen molar-refractivity contribution in [3.63, 3.8) is 0 Å². The van der Waals surface area contributed by atoms with Crippen LogP contribution < -0.4 is 4.74 Å². The number of hydrogen-bond acceptors (Lipinski definition) is 5. The van der Waals surface area contributed by atoms with Crippen molar-refractivity contribution < 1.29 is 19.6 Å². The zero-order valence-corrected chi connectivity index (χ0v) is 11.8. The van der Waals surface area contributed by atoms with Gasteiger partial charge in [-0.1, -0.05) is 6.07 Å². The van der Waals surface area contributed by atoms with Crippen molar-refractivity contribution in [2.75, 3.05) is 19.8 Å². The number of amides is 1. The van der Waals surface area contributed by atoms with E-state index < -0.39 is 4.92 Å². The third-order valence-electron chi connectivity index (χ3n) is 3.30. The molecule has 114 valence electrons. The Kier molecular flexibility index (Phi) is 4.74. The standard InChI is InChI=1S/C14H18N2O5/c1-2-21-13-11(4-3-5-12(13)16(19)20)14(18)15(8-9-17)10-6-7-10/h3-5,10,17H,2,6-9H2,1H3. The molecule has 7 nitrogen and oxygen atoms in total. The number of ether oxygens (including phenoxy) is 1. The van der Waals surface area contributed by atoms with Gasteiger partial charge >= 0.3 is 5.69 Å². The minimum atomic E-state index is -0.560. The highest BCUT2D eigenvalue weighted by Crippen LogP contribution is 2.34. The molecule has 1 saturated carbocycles. The van der Waals surface area contributed by atoms with Gasteiger partial charge < -0.3 is 14.7 Å². The first kappa shape index (κ1) is 15.2. The third kappa shape index (κ3) is 3.30. The Bertz CT molecular complexity index is 542. The van der Waals surface area contributed by atoms with Crippen molar-refractivity contribution in [1.82, 2.24) is 4.90 Å². The third-order valence-corrected chi connectivity index (χ3v) is 3.30. The van der Waals surface area contributed by atoms with Gasteiger partial charge in [0.25, 0.3) is 5.91 Å². The topological polar surface area (TPSA) is 92.9 Å². The quantitative estimate of drug-likeness (QED) is 0.609. The Hall–Kier alpha value is -2.15. The van der Waals surface area contributed by atoms with E-state index in [2.05, 4.69) is 0 Å². The van der Waals surface area contributed by atoms with E-state index in [-0.39, 0.29) is 48.7 Å². The van der Waals surface area contributed by atoms with Gasteiger partial charge in [0, 0.05) is 18.7 Å². The summed E-state index contributed by atoms with van der Waals surface area (Å²) in [4.78, 5) is 24.7. The average molecular weight is 294 g/mol. The van der Waals surface area contributed by atoms with Crippen molar-refractivity contribution in [3.05, 3.63) is 33.9 Å². The first-order valence-electron chi connectivity index (χ1n) is 6.92. The zero-order valence-electron chi connectivity index (χ0n) is 11.8. The second kappa shape index (κ2) is 6.53. The molecule has 1 aromatic rings. The van der Waals surface area contributed by atoms with Gasteiger partial charge in [-0.2, -0.15) is 0 Å². The molecule has 0 aliphatic heterocycles. The summed E-state index contributed by atoms with van der Waals surface area (Å²) in [6, 6.07) is 4.42. The highest BCUT2D eigenvalue weighted by Gasteiger charge is 2.35. The molecule has 1 N–H and O–H groups in total. The molecule has 1 amide bonds. The van der Waals surface area contributed by atoms with Crippen LogP contribution >= 0.6 is 0 Å². The van der Waals surface area contributed by atoms with Crippen LogP contribution in [0.15, 0.2) is 18.2 Å². The summed E-state index contributed by atoms with van der Waals surface area (Å²) in [5.74, 6) is -0.336. The van der Waals surface area contributed by atoms with E-state index in [0.29, 0.717) is 0 Å². The van der Waals surface area contributed by atoms with E-state index in [9.17, 15) is 14.9 Å². The lowest BCUT2D eigenvalue weighted by Gasteiger charge is -2.22. The molecule has 21 heavy (non-hydrogen) atoms. The number of carbonyl (C=O) groups is 1. The minimum Gasteiger partial charge on any atom is -0.487 e. The number of aliphatic hydroxyl groups is 1. The van der Waals surface area contributed by atoms with Crippen molar-refractivity contribution in [2.24, 2.45) is 0 Å². The molecule has 1 aliphatic carbocycles. The molecular weight excluding hydrogens is 276 g/mol. The number of aliphatic hydroxyl groups excluding tert-OH is 1. The number of hydrogen-bond donors (Lipinski definition) is 1. The van der Waals surface area contributed by atoms with E-state index in [1.54, 1.807) is 11.8 Å². The van der Waals surface area contributed by atoms with Crippen molar-refractivity contribution in [3.8, 4) is 5.75 Å². The van der Waals surface area contributed by atoms with E-state index in [4.69, 9.17) is 9.84 Å². The van der Waals surface area contributed by atoms with Gasteiger partial charge in [-0.05, 0) is 25.8 Å². The molecular formula is C14H18N2O5. The molecule has 0 heterocycles. The lowest BCUT2D eigenvalue weighted by atomic mass is 10.1. The highest BCUT2D eigenvalue weighted by atomic mass is 16.6. The Labute approximate surface area is 122 Å². The van der Waals surface area contributed by atoms with Gasteiger partial charge in [-0.15, -0.1) is 0 Å². The van der Waals surface area contributed by atoms with Crippen molar-refractivity contribution in [1.29, 1.82) is 0 Å². The fourth-order valence-corrected chi connectivity index (χ4v) is 2.23. The predicted octanol–water partition coefficient (Wildman–Crippen LogP) is 1.59. The molecule has 7 heteroatoms. The Balaban J connectivity index is 2.39. The fraction of sp³-hybridized carbons (Fsp3) is 0.500. The Morgan fingerprint density at radius 3 is 2.76 bits per heavy atom. The maximum absolute atomic E-state index is 12.6. The number of nitro benzene ring substituents is 1. The van der Waals surface area contributed by atoms with Crippen LogP contribution in [0.5, 0.6) is 5.75 Å². The number of nitro groups is 1. The zero-order chi connectivity index (χ0) is 15.4. The number of para-hydroxylation sites is 1. The molecule has 0 atom stereocenters. The summed E-state index contributed by atoms with van der Waals surface area (Å²) in [6.07, 6.45) is 1.79. The normalized spacial score (nSPS) is 13.8. The monoisotopic (exact) mass is 294 g/mol. The lowest BCUT2D eigenvalue weighted by molar-refractivity contribution is -0.385. The van der Waals surface area contributed by atoms with Crippen LogP contribution in [0, 0.1) is 10.1 Å².